The molecule has 0 spiro atoms. The molecular weight excluding hydrogens is 425 g/mol. The molecule has 4 aromatic rings. The summed E-state index contributed by atoms with van der Waals surface area (Å²) < 4.78 is 20.7. The van der Waals surface area contributed by atoms with Crippen molar-refractivity contribution in [2.45, 2.75) is 38.5 Å². The number of nitrogens with one attached hydrogen (secondary N) is 1. The zero-order valence-corrected chi connectivity index (χ0v) is 17.9. The number of carbonyl (C=O) groups is 1. The highest BCUT2D eigenvalue weighted by molar-refractivity contribution is 5.94. The SMILES string of the molecule is Cc1nocc1-c1ccc2c(=O)n(Cc3cc(F)cc(C(=O)N[C@H]4C[C@H](O)C4)c3)ccc2c1. The summed E-state index contributed by atoms with van der Waals surface area (Å²) in [5.74, 6) is -0.941. The minimum Gasteiger partial charge on any atom is -0.393 e. The maximum absolute atomic E-state index is 14.2. The third-order valence-corrected chi connectivity index (χ3v) is 6.06. The number of aliphatic hydroxyl groups is 1. The van der Waals surface area contributed by atoms with Crippen LogP contribution in [-0.2, 0) is 6.54 Å². The van der Waals surface area contributed by atoms with E-state index in [1.807, 2.05) is 25.1 Å². The number of hydrogen-bond acceptors (Lipinski definition) is 5. The van der Waals surface area contributed by atoms with E-state index in [4.69, 9.17) is 4.52 Å². The molecule has 0 bridgehead atoms. The van der Waals surface area contributed by atoms with Gasteiger partial charge in [0.25, 0.3) is 11.5 Å². The third kappa shape index (κ3) is 4.17. The Kier molecular flexibility index (Phi) is 5.30. The van der Waals surface area contributed by atoms with E-state index in [9.17, 15) is 19.1 Å². The Morgan fingerprint density at radius 3 is 2.79 bits per heavy atom. The molecule has 33 heavy (non-hydrogen) atoms. The maximum Gasteiger partial charge on any atom is 0.258 e. The number of fused-ring (bicyclic) bond motifs is 1. The molecule has 2 heterocycles. The lowest BCUT2D eigenvalue weighted by molar-refractivity contribution is 0.0562. The molecule has 1 fully saturated rings. The number of rotatable bonds is 5. The summed E-state index contributed by atoms with van der Waals surface area (Å²) in [5.41, 5.74) is 3.02. The number of aromatic nitrogens is 2. The Balaban J connectivity index is 1.41. The van der Waals surface area contributed by atoms with Gasteiger partial charge in [0, 0.05) is 28.8 Å². The van der Waals surface area contributed by atoms with Gasteiger partial charge in [-0.3, -0.25) is 9.59 Å². The molecule has 1 aliphatic rings. The van der Waals surface area contributed by atoms with Gasteiger partial charge < -0.3 is 19.5 Å². The molecule has 0 saturated heterocycles. The first-order chi connectivity index (χ1) is 15.9. The highest BCUT2D eigenvalue weighted by Crippen LogP contribution is 2.25. The van der Waals surface area contributed by atoms with Gasteiger partial charge in [0.05, 0.1) is 18.3 Å². The zero-order valence-electron chi connectivity index (χ0n) is 17.9. The van der Waals surface area contributed by atoms with E-state index in [1.54, 1.807) is 24.6 Å². The number of benzene rings is 2. The highest BCUT2D eigenvalue weighted by atomic mass is 19.1. The molecule has 7 nitrogen and oxygen atoms in total. The van der Waals surface area contributed by atoms with Gasteiger partial charge in [-0.1, -0.05) is 11.2 Å². The molecule has 2 N–H and O–H groups in total. The van der Waals surface area contributed by atoms with Crippen molar-refractivity contribution in [2.24, 2.45) is 0 Å². The van der Waals surface area contributed by atoms with Gasteiger partial charge in [0.1, 0.15) is 12.1 Å². The average molecular weight is 447 g/mol. The zero-order chi connectivity index (χ0) is 23.1. The van der Waals surface area contributed by atoms with E-state index in [-0.39, 0.29) is 23.7 Å². The second kappa shape index (κ2) is 8.29. The molecule has 0 aliphatic heterocycles. The fourth-order valence-electron chi connectivity index (χ4n) is 4.19. The Morgan fingerprint density at radius 2 is 2.06 bits per heavy atom. The third-order valence-electron chi connectivity index (χ3n) is 6.06. The van der Waals surface area contributed by atoms with E-state index in [1.165, 1.54) is 16.7 Å². The molecule has 5 rings (SSSR count). The van der Waals surface area contributed by atoms with E-state index in [2.05, 4.69) is 10.5 Å². The van der Waals surface area contributed by atoms with Gasteiger partial charge in [0.2, 0.25) is 0 Å². The fraction of sp³-hybridized carbons (Fsp3) is 0.240. The lowest BCUT2D eigenvalue weighted by Crippen LogP contribution is -2.46. The van der Waals surface area contributed by atoms with Crippen molar-refractivity contribution >= 4 is 16.7 Å². The van der Waals surface area contributed by atoms with Crippen LogP contribution in [0.5, 0.6) is 0 Å². The maximum atomic E-state index is 14.2. The lowest BCUT2D eigenvalue weighted by Gasteiger charge is -2.31. The largest absolute Gasteiger partial charge is 0.393 e. The molecule has 168 valence electrons. The Labute approximate surface area is 188 Å². The van der Waals surface area contributed by atoms with Gasteiger partial charge in [-0.2, -0.15) is 0 Å². The number of carbonyl (C=O) groups excluding carboxylic acids is 1. The summed E-state index contributed by atoms with van der Waals surface area (Å²) in [6.45, 7) is 1.98. The number of amides is 1. The monoisotopic (exact) mass is 447 g/mol. The van der Waals surface area contributed by atoms with E-state index < -0.39 is 17.8 Å². The second-order valence-corrected chi connectivity index (χ2v) is 8.51. The molecule has 2 aromatic heterocycles. The van der Waals surface area contributed by atoms with Crippen molar-refractivity contribution in [2.75, 3.05) is 0 Å². The lowest BCUT2D eigenvalue weighted by atomic mass is 9.89. The van der Waals surface area contributed by atoms with Crippen LogP contribution in [0.15, 0.2) is 64.2 Å². The number of aryl methyl sites for hydroxylation is 1. The summed E-state index contributed by atoms with van der Waals surface area (Å²) in [6, 6.07) is 11.3. The number of aliphatic hydroxyl groups excluding tert-OH is 1. The molecule has 0 unspecified atom stereocenters. The Bertz CT molecular complexity index is 1420. The summed E-state index contributed by atoms with van der Waals surface area (Å²) in [4.78, 5) is 25.5. The average Bonchev–Trinajstić information content (AvgIpc) is 3.20. The number of halogens is 1. The molecule has 0 radical (unpaired) electrons. The molecule has 2 aromatic carbocycles. The molecule has 8 heteroatoms. The molecular formula is C25H22FN3O4. The number of hydrogen-bond donors (Lipinski definition) is 2. The summed E-state index contributed by atoms with van der Waals surface area (Å²) >= 11 is 0. The van der Waals surface area contributed by atoms with Crippen molar-refractivity contribution < 1.29 is 18.8 Å². The summed E-state index contributed by atoms with van der Waals surface area (Å²) in [7, 11) is 0. The van der Waals surface area contributed by atoms with Crippen molar-refractivity contribution in [3.05, 3.63) is 87.9 Å². The van der Waals surface area contributed by atoms with Gasteiger partial charge in [0.15, 0.2) is 0 Å². The van der Waals surface area contributed by atoms with Crippen molar-refractivity contribution in [1.82, 2.24) is 15.0 Å². The van der Waals surface area contributed by atoms with Gasteiger partial charge in [-0.25, -0.2) is 4.39 Å². The van der Waals surface area contributed by atoms with Crippen LogP contribution >= 0.6 is 0 Å². The molecule has 1 saturated carbocycles. The second-order valence-electron chi connectivity index (χ2n) is 8.51. The van der Waals surface area contributed by atoms with E-state index in [0.29, 0.717) is 23.8 Å². The standard InChI is InChI=1S/C25H22FN3O4/c1-14-23(13-33-28-14)16-2-3-22-17(8-16)4-5-29(25(22)32)12-15-6-18(9-19(26)7-15)24(31)27-20-10-21(30)11-20/h2-9,13,20-21,30H,10-12H2,1H3,(H,27,31)/t20-,21-. The first-order valence-electron chi connectivity index (χ1n) is 10.7. The molecule has 1 aliphatic carbocycles. The predicted octanol–water partition coefficient (Wildman–Crippen LogP) is 3.41. The van der Waals surface area contributed by atoms with Crippen molar-refractivity contribution in [3.63, 3.8) is 0 Å². The highest BCUT2D eigenvalue weighted by Gasteiger charge is 2.28. The van der Waals surface area contributed by atoms with Crippen LogP contribution in [0, 0.1) is 12.7 Å². The molecule has 0 atom stereocenters. The fourth-order valence-corrected chi connectivity index (χ4v) is 4.19. The van der Waals surface area contributed by atoms with Crippen LogP contribution in [0.3, 0.4) is 0 Å². The Morgan fingerprint density at radius 1 is 1.24 bits per heavy atom. The van der Waals surface area contributed by atoms with Crippen LogP contribution in [0.2, 0.25) is 0 Å². The van der Waals surface area contributed by atoms with Crippen LogP contribution in [0.25, 0.3) is 21.9 Å². The van der Waals surface area contributed by atoms with Crippen LogP contribution in [0.1, 0.15) is 34.5 Å². The normalized spacial score (nSPS) is 17.7. The quantitative estimate of drug-likeness (QED) is 0.489. The minimum atomic E-state index is -0.547. The summed E-state index contributed by atoms with van der Waals surface area (Å²) in [6.07, 6.45) is 3.84. The number of nitrogens with zero attached hydrogens (tertiary/aromatic N) is 2. The van der Waals surface area contributed by atoms with Crippen molar-refractivity contribution in [1.29, 1.82) is 0 Å². The van der Waals surface area contributed by atoms with Gasteiger partial charge >= 0.3 is 0 Å². The molecule has 1 amide bonds. The topological polar surface area (TPSA) is 97.4 Å². The van der Waals surface area contributed by atoms with Crippen molar-refractivity contribution in [3.8, 4) is 11.1 Å². The van der Waals surface area contributed by atoms with Crippen LogP contribution in [0.4, 0.5) is 4.39 Å². The van der Waals surface area contributed by atoms with Crippen LogP contribution in [-0.4, -0.2) is 32.9 Å². The van der Waals surface area contributed by atoms with Gasteiger partial charge in [-0.15, -0.1) is 0 Å². The first kappa shape index (κ1) is 21.1. The van der Waals surface area contributed by atoms with Gasteiger partial charge in [-0.05, 0) is 72.7 Å². The number of pyridine rings is 1. The summed E-state index contributed by atoms with van der Waals surface area (Å²) in [5, 5.41) is 17.4. The van der Waals surface area contributed by atoms with E-state index >= 15 is 0 Å². The first-order valence-corrected chi connectivity index (χ1v) is 10.7. The Hall–Kier alpha value is -3.78. The smallest absolute Gasteiger partial charge is 0.258 e. The van der Waals surface area contributed by atoms with Crippen LogP contribution < -0.4 is 10.9 Å². The van der Waals surface area contributed by atoms with E-state index in [0.717, 1.165) is 22.2 Å². The minimum absolute atomic E-state index is 0.103. The predicted molar refractivity (Wildman–Crippen MR) is 120 cm³/mol.